The summed E-state index contributed by atoms with van der Waals surface area (Å²) in [5.41, 5.74) is 0. The fourth-order valence-corrected chi connectivity index (χ4v) is 3.85. The van der Waals surface area contributed by atoms with Gasteiger partial charge in [0.15, 0.2) is 0 Å². The molecule has 1 saturated carbocycles. The molecular weight excluding hydrogens is 288 g/mol. The Balaban J connectivity index is 2.21. The molecule has 0 aromatic heterocycles. The van der Waals surface area contributed by atoms with Crippen LogP contribution in [0, 0.1) is 11.8 Å². The number of rotatable bonds is 12. The number of hydrogen-bond donors (Lipinski definition) is 0. The third kappa shape index (κ3) is 8.53. The van der Waals surface area contributed by atoms with Crippen LogP contribution in [0.4, 0.5) is 0 Å². The summed E-state index contributed by atoms with van der Waals surface area (Å²) in [6.45, 7) is 2.24. The monoisotopic (exact) mass is 324 g/mol. The highest BCUT2D eigenvalue weighted by atomic mass is 16.5. The predicted octanol–water partition coefficient (Wildman–Crippen LogP) is 5.46. The van der Waals surface area contributed by atoms with E-state index in [2.05, 4.69) is 11.7 Å². The zero-order valence-corrected chi connectivity index (χ0v) is 15.3. The van der Waals surface area contributed by atoms with Gasteiger partial charge in [-0.2, -0.15) is 0 Å². The summed E-state index contributed by atoms with van der Waals surface area (Å²) in [6.07, 6.45) is 15.5. The van der Waals surface area contributed by atoms with Crippen molar-refractivity contribution in [2.45, 2.75) is 96.8 Å². The van der Waals surface area contributed by atoms with Crippen molar-refractivity contribution >= 4 is 11.8 Å². The van der Waals surface area contributed by atoms with Gasteiger partial charge < -0.3 is 4.74 Å². The van der Waals surface area contributed by atoms with E-state index < -0.39 is 0 Å². The number of unbranched alkanes of at least 4 members (excludes halogenated alkanes) is 6. The third-order valence-electron chi connectivity index (χ3n) is 5.28. The standard InChI is InChI=1S/C20H36O3/c1-3-4-5-8-12-17-13-11-15-19(21)18(17)14-9-6-7-10-16-20(22)23-2/h17-18H,3-16H2,1-2H3. The molecule has 1 rings (SSSR count). The lowest BCUT2D eigenvalue weighted by atomic mass is 9.73. The molecule has 23 heavy (non-hydrogen) atoms. The molecule has 2 atom stereocenters. The van der Waals surface area contributed by atoms with Crippen LogP contribution in [0.1, 0.15) is 96.8 Å². The van der Waals surface area contributed by atoms with Gasteiger partial charge in [-0.1, -0.05) is 51.9 Å². The highest BCUT2D eigenvalue weighted by Gasteiger charge is 2.30. The molecule has 134 valence electrons. The minimum atomic E-state index is -0.111. The fraction of sp³-hybridized carbons (Fsp3) is 0.900. The minimum absolute atomic E-state index is 0.111. The van der Waals surface area contributed by atoms with Crippen LogP contribution >= 0.6 is 0 Å². The van der Waals surface area contributed by atoms with E-state index in [1.54, 1.807) is 0 Å². The van der Waals surface area contributed by atoms with Crippen molar-refractivity contribution in [3.05, 3.63) is 0 Å². The van der Waals surface area contributed by atoms with Gasteiger partial charge in [-0.25, -0.2) is 0 Å². The number of ketones is 1. The molecule has 0 bridgehead atoms. The molecule has 1 fully saturated rings. The first-order valence-electron chi connectivity index (χ1n) is 9.78. The van der Waals surface area contributed by atoms with E-state index in [4.69, 9.17) is 0 Å². The number of ether oxygens (including phenoxy) is 1. The molecule has 0 N–H and O–H groups in total. The normalized spacial score (nSPS) is 21.4. The molecule has 0 heterocycles. The van der Waals surface area contributed by atoms with Crippen molar-refractivity contribution in [1.82, 2.24) is 0 Å². The van der Waals surface area contributed by atoms with Crippen LogP contribution in [0.25, 0.3) is 0 Å². The Kier molecular flexibility index (Phi) is 11.0. The summed E-state index contributed by atoms with van der Waals surface area (Å²) in [5.74, 6) is 1.38. The largest absolute Gasteiger partial charge is 0.469 e. The van der Waals surface area contributed by atoms with Crippen LogP contribution in [0.15, 0.2) is 0 Å². The fourth-order valence-electron chi connectivity index (χ4n) is 3.85. The maximum Gasteiger partial charge on any atom is 0.305 e. The van der Waals surface area contributed by atoms with Gasteiger partial charge in [0.1, 0.15) is 5.78 Å². The molecule has 0 spiro atoms. The second kappa shape index (κ2) is 12.5. The van der Waals surface area contributed by atoms with Crippen molar-refractivity contribution in [2.75, 3.05) is 7.11 Å². The van der Waals surface area contributed by atoms with E-state index in [1.165, 1.54) is 45.6 Å². The van der Waals surface area contributed by atoms with Crippen LogP contribution in [-0.4, -0.2) is 18.9 Å². The van der Waals surface area contributed by atoms with Gasteiger partial charge in [0.2, 0.25) is 0 Å². The Hall–Kier alpha value is -0.860. The summed E-state index contributed by atoms with van der Waals surface area (Å²) >= 11 is 0. The Labute approximate surface area is 142 Å². The molecule has 0 radical (unpaired) electrons. The highest BCUT2D eigenvalue weighted by molar-refractivity contribution is 5.81. The van der Waals surface area contributed by atoms with E-state index in [-0.39, 0.29) is 5.97 Å². The number of methoxy groups -OCH3 is 1. The number of esters is 1. The third-order valence-corrected chi connectivity index (χ3v) is 5.28. The van der Waals surface area contributed by atoms with Crippen molar-refractivity contribution in [3.8, 4) is 0 Å². The van der Waals surface area contributed by atoms with Gasteiger partial charge in [0.05, 0.1) is 7.11 Å². The number of carbonyl (C=O) groups excluding carboxylic acids is 2. The Morgan fingerprint density at radius 3 is 2.48 bits per heavy atom. The first-order valence-corrected chi connectivity index (χ1v) is 9.78. The SMILES string of the molecule is CCCCCCC1CCCC(=O)C1CCCCCCC(=O)OC. The van der Waals surface area contributed by atoms with Crippen molar-refractivity contribution < 1.29 is 14.3 Å². The Morgan fingerprint density at radius 2 is 1.74 bits per heavy atom. The number of hydrogen-bond acceptors (Lipinski definition) is 3. The van der Waals surface area contributed by atoms with Gasteiger partial charge in [-0.3, -0.25) is 9.59 Å². The van der Waals surface area contributed by atoms with Crippen molar-refractivity contribution in [1.29, 1.82) is 0 Å². The van der Waals surface area contributed by atoms with Crippen LogP contribution in [0.5, 0.6) is 0 Å². The molecule has 1 aliphatic rings. The van der Waals surface area contributed by atoms with E-state index in [1.807, 2.05) is 0 Å². The second-order valence-corrected chi connectivity index (χ2v) is 7.10. The van der Waals surface area contributed by atoms with Crippen molar-refractivity contribution in [2.24, 2.45) is 11.8 Å². The maximum atomic E-state index is 12.3. The van der Waals surface area contributed by atoms with E-state index in [0.29, 0.717) is 24.0 Å². The zero-order valence-electron chi connectivity index (χ0n) is 15.3. The summed E-state index contributed by atoms with van der Waals surface area (Å²) in [7, 11) is 1.44. The second-order valence-electron chi connectivity index (χ2n) is 7.10. The summed E-state index contributed by atoms with van der Waals surface area (Å²) in [6, 6.07) is 0. The van der Waals surface area contributed by atoms with E-state index >= 15 is 0 Å². The Bertz CT molecular complexity index is 338. The molecule has 3 nitrogen and oxygen atoms in total. The molecule has 0 saturated heterocycles. The lowest BCUT2D eigenvalue weighted by molar-refractivity contribution is -0.140. The number of Topliss-reactive ketones (excluding diaryl/α,β-unsaturated/α-hetero) is 1. The van der Waals surface area contributed by atoms with Crippen molar-refractivity contribution in [3.63, 3.8) is 0 Å². The lowest BCUT2D eigenvalue weighted by Crippen LogP contribution is -2.28. The van der Waals surface area contributed by atoms with Gasteiger partial charge in [-0.05, 0) is 38.0 Å². The smallest absolute Gasteiger partial charge is 0.305 e. The van der Waals surface area contributed by atoms with Crippen LogP contribution in [0.2, 0.25) is 0 Å². The highest BCUT2D eigenvalue weighted by Crippen LogP contribution is 2.34. The van der Waals surface area contributed by atoms with Crippen LogP contribution in [0.3, 0.4) is 0 Å². The maximum absolute atomic E-state index is 12.3. The van der Waals surface area contributed by atoms with Gasteiger partial charge in [0.25, 0.3) is 0 Å². The topological polar surface area (TPSA) is 43.4 Å². The average molecular weight is 325 g/mol. The first-order chi connectivity index (χ1) is 11.2. The molecule has 0 aromatic rings. The summed E-state index contributed by atoms with van der Waals surface area (Å²) in [4.78, 5) is 23.3. The predicted molar refractivity (Wildman–Crippen MR) is 94.3 cm³/mol. The van der Waals surface area contributed by atoms with E-state index in [9.17, 15) is 9.59 Å². The minimum Gasteiger partial charge on any atom is -0.469 e. The molecule has 0 amide bonds. The van der Waals surface area contributed by atoms with E-state index in [0.717, 1.165) is 44.9 Å². The van der Waals surface area contributed by atoms with Gasteiger partial charge in [-0.15, -0.1) is 0 Å². The molecular formula is C20H36O3. The molecule has 0 aliphatic heterocycles. The molecule has 0 aromatic carbocycles. The zero-order chi connectivity index (χ0) is 16.9. The quantitative estimate of drug-likeness (QED) is 0.354. The average Bonchev–Trinajstić information content (AvgIpc) is 2.56. The molecule has 2 unspecified atom stereocenters. The first kappa shape index (κ1) is 20.2. The lowest BCUT2D eigenvalue weighted by Gasteiger charge is -2.30. The Morgan fingerprint density at radius 1 is 1.04 bits per heavy atom. The summed E-state index contributed by atoms with van der Waals surface area (Å²) < 4.78 is 4.65. The van der Waals surface area contributed by atoms with Gasteiger partial charge >= 0.3 is 5.97 Å². The molecule has 1 aliphatic carbocycles. The summed E-state index contributed by atoms with van der Waals surface area (Å²) in [5, 5.41) is 0. The van der Waals surface area contributed by atoms with Crippen LogP contribution in [-0.2, 0) is 14.3 Å². The van der Waals surface area contributed by atoms with Crippen LogP contribution < -0.4 is 0 Å². The number of carbonyl (C=O) groups is 2. The molecule has 3 heteroatoms. The van der Waals surface area contributed by atoms with Gasteiger partial charge in [0, 0.05) is 18.8 Å².